The summed E-state index contributed by atoms with van der Waals surface area (Å²) in [7, 11) is 3.17. The van der Waals surface area contributed by atoms with Gasteiger partial charge in [0.05, 0.1) is 20.8 Å². The minimum Gasteiger partial charge on any atom is -0.497 e. The highest BCUT2D eigenvalue weighted by molar-refractivity contribution is 6.01. The SMILES string of the molecule is C=CC[C@]1(C(=O)NNCc2cc(OC)cc(OC)c2)N=C(c2ccc(OCCCO)cc2)O[C@H]1c1ccccc1. The van der Waals surface area contributed by atoms with Crippen molar-refractivity contribution >= 4 is 11.8 Å². The Balaban J connectivity index is 1.58. The molecular weight excluding hydrogens is 510 g/mol. The molecule has 3 aromatic carbocycles. The molecule has 2 atom stereocenters. The number of carbonyl (C=O) groups is 1. The molecule has 9 nitrogen and oxygen atoms in total. The minimum absolute atomic E-state index is 0.0691. The Hall–Kier alpha value is -4.34. The summed E-state index contributed by atoms with van der Waals surface area (Å²) >= 11 is 0. The number of methoxy groups -OCH3 is 2. The number of aliphatic imine (C=N–C) groups is 1. The van der Waals surface area contributed by atoms with Crippen molar-refractivity contribution in [1.29, 1.82) is 0 Å². The molecule has 0 aromatic heterocycles. The maximum Gasteiger partial charge on any atom is 0.266 e. The van der Waals surface area contributed by atoms with Crippen LogP contribution in [0.25, 0.3) is 0 Å². The van der Waals surface area contributed by atoms with E-state index >= 15 is 0 Å². The number of hydrazine groups is 1. The summed E-state index contributed by atoms with van der Waals surface area (Å²) in [4.78, 5) is 18.7. The van der Waals surface area contributed by atoms with E-state index in [9.17, 15) is 4.79 Å². The van der Waals surface area contributed by atoms with Gasteiger partial charge in [-0.05, 0) is 47.5 Å². The monoisotopic (exact) mass is 545 g/mol. The highest BCUT2D eigenvalue weighted by Gasteiger charge is 2.52. The van der Waals surface area contributed by atoms with Gasteiger partial charge in [0.15, 0.2) is 11.6 Å². The first kappa shape index (κ1) is 28.7. The summed E-state index contributed by atoms with van der Waals surface area (Å²) in [6.45, 7) is 4.72. The third kappa shape index (κ3) is 6.62. The number of carbonyl (C=O) groups excluding carboxylic acids is 1. The molecule has 3 N–H and O–H groups in total. The molecule has 1 amide bonds. The number of aliphatic hydroxyl groups is 1. The number of aliphatic hydroxyl groups excluding tert-OH is 1. The van der Waals surface area contributed by atoms with E-state index in [1.807, 2.05) is 66.7 Å². The normalized spacial score (nSPS) is 17.9. The molecule has 0 radical (unpaired) electrons. The van der Waals surface area contributed by atoms with Crippen molar-refractivity contribution in [3.05, 3.63) is 102 Å². The van der Waals surface area contributed by atoms with E-state index < -0.39 is 11.6 Å². The summed E-state index contributed by atoms with van der Waals surface area (Å²) < 4.78 is 22.7. The summed E-state index contributed by atoms with van der Waals surface area (Å²) in [5, 5.41) is 8.98. The smallest absolute Gasteiger partial charge is 0.266 e. The Kier molecular flexibility index (Phi) is 9.77. The molecule has 0 aliphatic carbocycles. The fourth-order valence-electron chi connectivity index (χ4n) is 4.47. The number of amides is 1. The highest BCUT2D eigenvalue weighted by atomic mass is 16.5. The van der Waals surface area contributed by atoms with E-state index in [1.165, 1.54) is 0 Å². The van der Waals surface area contributed by atoms with Crippen molar-refractivity contribution in [3.63, 3.8) is 0 Å². The standard InChI is InChI=1S/C31H35N3O6/c1-4-15-31(30(36)34-32-21-22-18-26(37-2)20-27(19-22)38-3)28(23-9-6-5-7-10-23)40-29(33-31)24-11-13-25(14-12-24)39-17-8-16-35/h4-7,9-14,18-20,28,32,35H,1,8,15-17,21H2,2-3H3,(H,34,36)/t28-,31-/m0/s1. The molecule has 0 fully saturated rings. The Morgan fingerprint density at radius 1 is 1.05 bits per heavy atom. The third-order valence-corrected chi connectivity index (χ3v) is 6.49. The lowest BCUT2D eigenvalue weighted by molar-refractivity contribution is -0.129. The molecule has 1 aliphatic heterocycles. The van der Waals surface area contributed by atoms with Gasteiger partial charge in [-0.3, -0.25) is 10.2 Å². The van der Waals surface area contributed by atoms with Gasteiger partial charge in [0.1, 0.15) is 17.2 Å². The fourth-order valence-corrected chi connectivity index (χ4v) is 4.47. The zero-order valence-corrected chi connectivity index (χ0v) is 22.8. The van der Waals surface area contributed by atoms with E-state index in [4.69, 9.17) is 29.0 Å². The van der Waals surface area contributed by atoms with Gasteiger partial charge in [0.25, 0.3) is 5.91 Å². The molecule has 0 bridgehead atoms. The fraction of sp³-hybridized carbons (Fsp3) is 0.290. The van der Waals surface area contributed by atoms with E-state index in [1.54, 1.807) is 26.4 Å². The van der Waals surface area contributed by atoms with Crippen LogP contribution in [0.5, 0.6) is 17.2 Å². The lowest BCUT2D eigenvalue weighted by Crippen LogP contribution is -2.52. The Bertz CT molecular complexity index is 1290. The van der Waals surface area contributed by atoms with E-state index in [0.29, 0.717) is 48.3 Å². The van der Waals surface area contributed by atoms with Crippen molar-refractivity contribution < 1.29 is 28.8 Å². The van der Waals surface area contributed by atoms with Crippen LogP contribution >= 0.6 is 0 Å². The second-order valence-corrected chi connectivity index (χ2v) is 9.22. The number of hydrogen-bond acceptors (Lipinski definition) is 8. The predicted molar refractivity (Wildman–Crippen MR) is 153 cm³/mol. The molecule has 9 heteroatoms. The molecule has 40 heavy (non-hydrogen) atoms. The average molecular weight is 546 g/mol. The van der Waals surface area contributed by atoms with Gasteiger partial charge in [-0.25, -0.2) is 10.4 Å². The Labute approximate surface area is 234 Å². The van der Waals surface area contributed by atoms with E-state index in [0.717, 1.165) is 11.1 Å². The zero-order valence-electron chi connectivity index (χ0n) is 22.8. The van der Waals surface area contributed by atoms with Gasteiger partial charge < -0.3 is 24.1 Å². The van der Waals surface area contributed by atoms with E-state index in [2.05, 4.69) is 17.4 Å². The van der Waals surface area contributed by atoms with Gasteiger partial charge in [0, 0.05) is 37.6 Å². The zero-order chi connectivity index (χ0) is 28.4. The number of nitrogens with one attached hydrogen (secondary N) is 2. The second-order valence-electron chi connectivity index (χ2n) is 9.22. The van der Waals surface area contributed by atoms with Crippen LogP contribution in [-0.2, 0) is 16.1 Å². The van der Waals surface area contributed by atoms with Crippen molar-refractivity contribution in [3.8, 4) is 17.2 Å². The molecule has 0 spiro atoms. The van der Waals surface area contributed by atoms with Crippen molar-refractivity contribution in [2.45, 2.75) is 31.0 Å². The van der Waals surface area contributed by atoms with Gasteiger partial charge in [0.2, 0.25) is 5.90 Å². The predicted octanol–water partition coefficient (Wildman–Crippen LogP) is 4.12. The highest BCUT2D eigenvalue weighted by Crippen LogP contribution is 2.42. The molecule has 0 saturated carbocycles. The second kappa shape index (κ2) is 13.6. The first-order valence-corrected chi connectivity index (χ1v) is 13.0. The molecular formula is C31H35N3O6. The summed E-state index contributed by atoms with van der Waals surface area (Å²) in [5.41, 5.74) is 6.95. The minimum atomic E-state index is -1.30. The van der Waals surface area contributed by atoms with Crippen LogP contribution in [0, 0.1) is 0 Å². The van der Waals surface area contributed by atoms with Crippen molar-refractivity contribution in [2.75, 3.05) is 27.4 Å². The summed E-state index contributed by atoms with van der Waals surface area (Å²) in [6.07, 6.45) is 1.80. The largest absolute Gasteiger partial charge is 0.497 e. The summed E-state index contributed by atoms with van der Waals surface area (Å²) in [6, 6.07) is 22.4. The van der Waals surface area contributed by atoms with Crippen LogP contribution in [0.1, 0.15) is 35.6 Å². The maximum absolute atomic E-state index is 13.9. The molecule has 4 rings (SSSR count). The van der Waals surface area contributed by atoms with Gasteiger partial charge in [-0.1, -0.05) is 36.4 Å². The number of rotatable bonds is 14. The maximum atomic E-state index is 13.9. The first-order valence-electron chi connectivity index (χ1n) is 13.0. The molecule has 3 aromatic rings. The van der Waals surface area contributed by atoms with Crippen LogP contribution in [0.4, 0.5) is 0 Å². The van der Waals surface area contributed by atoms with Crippen LogP contribution in [-0.4, -0.2) is 49.9 Å². The lowest BCUT2D eigenvalue weighted by Gasteiger charge is -2.29. The van der Waals surface area contributed by atoms with Gasteiger partial charge in [-0.15, -0.1) is 6.58 Å². The quantitative estimate of drug-likeness (QED) is 0.159. The Morgan fingerprint density at radius 2 is 1.75 bits per heavy atom. The van der Waals surface area contributed by atoms with Crippen molar-refractivity contribution in [2.24, 2.45) is 4.99 Å². The molecule has 1 aliphatic rings. The third-order valence-electron chi connectivity index (χ3n) is 6.49. The van der Waals surface area contributed by atoms with E-state index in [-0.39, 0.29) is 18.9 Å². The lowest BCUT2D eigenvalue weighted by atomic mass is 9.84. The van der Waals surface area contributed by atoms with Gasteiger partial charge in [-0.2, -0.15) is 0 Å². The Morgan fingerprint density at radius 3 is 2.38 bits per heavy atom. The molecule has 210 valence electrons. The van der Waals surface area contributed by atoms with Crippen molar-refractivity contribution in [1.82, 2.24) is 10.9 Å². The molecule has 1 heterocycles. The summed E-state index contributed by atoms with van der Waals surface area (Å²) in [5.74, 6) is 1.97. The number of hydrogen-bond donors (Lipinski definition) is 3. The van der Waals surface area contributed by atoms with Crippen LogP contribution < -0.4 is 25.1 Å². The molecule has 0 saturated heterocycles. The van der Waals surface area contributed by atoms with Gasteiger partial charge >= 0.3 is 0 Å². The number of benzene rings is 3. The van der Waals surface area contributed by atoms with Crippen LogP contribution in [0.3, 0.4) is 0 Å². The molecule has 0 unspecified atom stereocenters. The first-order chi connectivity index (χ1) is 19.5. The number of nitrogens with zero attached hydrogens (tertiary/aromatic N) is 1. The van der Waals surface area contributed by atoms with Crippen LogP contribution in [0.2, 0.25) is 0 Å². The number of ether oxygens (including phenoxy) is 4. The average Bonchev–Trinajstić information content (AvgIpc) is 3.38. The van der Waals surface area contributed by atoms with Crippen LogP contribution in [0.15, 0.2) is 90.4 Å². The topological polar surface area (TPSA) is 111 Å².